The molecule has 0 amide bonds. The molecule has 3 rings (SSSR count). The maximum atomic E-state index is 14.0. The van der Waals surface area contributed by atoms with Gasteiger partial charge >= 0.3 is 11.9 Å². The van der Waals surface area contributed by atoms with Crippen molar-refractivity contribution in [3.63, 3.8) is 0 Å². The quantitative estimate of drug-likeness (QED) is 0.555. The van der Waals surface area contributed by atoms with E-state index in [1.807, 2.05) is 19.1 Å². The maximum Gasteiger partial charge on any atom is 0.336 e. The first-order valence-corrected chi connectivity index (χ1v) is 10.5. The van der Waals surface area contributed by atoms with Crippen LogP contribution in [0.15, 0.2) is 72.1 Å². The van der Waals surface area contributed by atoms with Crippen LogP contribution in [0.2, 0.25) is 0 Å². The Morgan fingerprint density at radius 1 is 0.875 bits per heavy atom. The Balaban J connectivity index is 2.12. The molecule has 1 heterocycles. The number of hydrogen-bond donors (Lipinski definition) is 0. The summed E-state index contributed by atoms with van der Waals surface area (Å²) < 4.78 is 30.0. The lowest BCUT2D eigenvalue weighted by Gasteiger charge is -2.30. The first-order valence-electron chi connectivity index (χ1n) is 10.5. The minimum atomic E-state index is -0.831. The molecule has 7 heteroatoms. The van der Waals surface area contributed by atoms with Gasteiger partial charge in [0.1, 0.15) is 11.6 Å². The third-order valence-corrected chi connectivity index (χ3v) is 4.83. The van der Waals surface area contributed by atoms with Crippen LogP contribution in [0.4, 0.5) is 10.1 Å². The monoisotopic (exact) mass is 439 g/mol. The van der Waals surface area contributed by atoms with Gasteiger partial charge in [-0.25, -0.2) is 14.0 Å². The van der Waals surface area contributed by atoms with E-state index in [9.17, 15) is 14.0 Å². The number of ether oxygens (including phenoxy) is 3. The van der Waals surface area contributed by atoms with Gasteiger partial charge in [0.15, 0.2) is 0 Å². The van der Waals surface area contributed by atoms with Crippen LogP contribution in [0.25, 0.3) is 0 Å². The van der Waals surface area contributed by atoms with Gasteiger partial charge in [-0.05, 0) is 62.7 Å². The molecule has 2 aromatic carbocycles. The van der Waals surface area contributed by atoms with Crippen LogP contribution in [0, 0.1) is 5.82 Å². The molecule has 168 valence electrons. The maximum absolute atomic E-state index is 14.0. The van der Waals surface area contributed by atoms with Crippen LogP contribution in [-0.2, 0) is 19.1 Å². The molecule has 32 heavy (non-hydrogen) atoms. The third kappa shape index (κ3) is 5.17. The van der Waals surface area contributed by atoms with Gasteiger partial charge in [-0.2, -0.15) is 0 Å². The Hall–Kier alpha value is -3.61. The van der Waals surface area contributed by atoms with Gasteiger partial charge in [-0.3, -0.25) is 0 Å². The van der Waals surface area contributed by atoms with E-state index in [2.05, 4.69) is 0 Å². The number of hydrogen-bond acceptors (Lipinski definition) is 6. The van der Waals surface area contributed by atoms with Crippen molar-refractivity contribution in [3.8, 4) is 5.75 Å². The average molecular weight is 439 g/mol. The Kier molecular flexibility index (Phi) is 7.65. The predicted molar refractivity (Wildman–Crippen MR) is 119 cm³/mol. The van der Waals surface area contributed by atoms with Crippen molar-refractivity contribution in [2.75, 3.05) is 24.7 Å². The molecule has 1 aliphatic heterocycles. The van der Waals surface area contributed by atoms with E-state index in [0.29, 0.717) is 23.6 Å². The topological polar surface area (TPSA) is 65.1 Å². The van der Waals surface area contributed by atoms with E-state index in [-0.39, 0.29) is 24.4 Å². The molecule has 0 saturated heterocycles. The van der Waals surface area contributed by atoms with E-state index in [1.165, 1.54) is 18.2 Å². The Labute approximate surface area is 186 Å². The Morgan fingerprint density at radius 2 is 1.47 bits per heavy atom. The van der Waals surface area contributed by atoms with Crippen LogP contribution in [-0.4, -0.2) is 31.8 Å². The highest BCUT2D eigenvalue weighted by Gasteiger charge is 2.36. The summed E-state index contributed by atoms with van der Waals surface area (Å²) in [5.74, 6) is -1.78. The highest BCUT2D eigenvalue weighted by Crippen LogP contribution is 2.39. The summed E-state index contributed by atoms with van der Waals surface area (Å²) in [6.45, 7) is 6.16. The molecule has 0 bridgehead atoms. The number of benzene rings is 2. The molecule has 0 radical (unpaired) electrons. The number of carbonyl (C=O) groups excluding carboxylic acids is 2. The van der Waals surface area contributed by atoms with Gasteiger partial charge in [0.2, 0.25) is 0 Å². The molecule has 0 aliphatic carbocycles. The molecule has 0 spiro atoms. The second kappa shape index (κ2) is 10.6. The van der Waals surface area contributed by atoms with Gasteiger partial charge < -0.3 is 19.1 Å². The number of halogens is 1. The van der Waals surface area contributed by atoms with E-state index < -0.39 is 23.7 Å². The van der Waals surface area contributed by atoms with Crippen LogP contribution in [0.3, 0.4) is 0 Å². The number of nitrogens with zero attached hydrogens (tertiary/aromatic N) is 1. The van der Waals surface area contributed by atoms with Gasteiger partial charge in [-0.1, -0.05) is 12.1 Å². The standard InChI is InChI=1S/C25H26FNO5/c1-4-30-20-12-10-19(11-13-20)27-15-21(24(28)31-5-2)23(17-8-7-9-18(26)14-17)22(16-27)25(29)32-6-3/h7-16,23H,4-6H2,1-3H3. The van der Waals surface area contributed by atoms with E-state index in [1.54, 1.807) is 49.3 Å². The van der Waals surface area contributed by atoms with Crippen molar-refractivity contribution in [3.05, 3.63) is 83.5 Å². The van der Waals surface area contributed by atoms with E-state index >= 15 is 0 Å². The summed E-state index contributed by atoms with van der Waals surface area (Å²) >= 11 is 0. The van der Waals surface area contributed by atoms with Crippen molar-refractivity contribution < 1.29 is 28.2 Å². The van der Waals surface area contributed by atoms with Crippen LogP contribution < -0.4 is 9.64 Å². The Morgan fingerprint density at radius 3 is 1.97 bits per heavy atom. The first kappa shape index (κ1) is 23.1. The number of esters is 2. The fraction of sp³-hybridized carbons (Fsp3) is 0.280. The summed E-state index contributed by atoms with van der Waals surface area (Å²) in [5.41, 5.74) is 1.57. The minimum Gasteiger partial charge on any atom is -0.494 e. The fourth-order valence-corrected chi connectivity index (χ4v) is 3.50. The molecule has 6 nitrogen and oxygen atoms in total. The minimum absolute atomic E-state index is 0.160. The SMILES string of the molecule is CCOC(=O)C1=CN(c2ccc(OCC)cc2)C=C(C(=O)OCC)C1c1cccc(F)c1. The second-order valence-electron chi connectivity index (χ2n) is 6.93. The zero-order valence-corrected chi connectivity index (χ0v) is 18.3. The van der Waals surface area contributed by atoms with Gasteiger partial charge in [0.05, 0.1) is 36.9 Å². The average Bonchev–Trinajstić information content (AvgIpc) is 2.79. The summed E-state index contributed by atoms with van der Waals surface area (Å²) in [5, 5.41) is 0. The molecule has 0 aromatic heterocycles. The largest absolute Gasteiger partial charge is 0.494 e. The van der Waals surface area contributed by atoms with Crippen molar-refractivity contribution in [1.82, 2.24) is 0 Å². The zero-order valence-electron chi connectivity index (χ0n) is 18.3. The molecule has 0 atom stereocenters. The van der Waals surface area contributed by atoms with Crippen molar-refractivity contribution in [1.29, 1.82) is 0 Å². The first-order chi connectivity index (χ1) is 15.5. The highest BCUT2D eigenvalue weighted by atomic mass is 19.1. The molecular weight excluding hydrogens is 413 g/mol. The molecule has 0 unspecified atom stereocenters. The van der Waals surface area contributed by atoms with Crippen LogP contribution >= 0.6 is 0 Å². The van der Waals surface area contributed by atoms with Crippen molar-refractivity contribution in [2.24, 2.45) is 0 Å². The molecule has 0 N–H and O–H groups in total. The summed E-state index contributed by atoms with van der Waals surface area (Å²) in [6, 6.07) is 13.0. The molecular formula is C25H26FNO5. The second-order valence-corrected chi connectivity index (χ2v) is 6.93. The van der Waals surface area contributed by atoms with E-state index in [4.69, 9.17) is 14.2 Å². The lowest BCUT2D eigenvalue weighted by Crippen LogP contribution is -2.29. The molecule has 1 aliphatic rings. The zero-order chi connectivity index (χ0) is 23.1. The number of rotatable bonds is 8. The lowest BCUT2D eigenvalue weighted by atomic mass is 9.83. The Bertz CT molecular complexity index is 993. The predicted octanol–water partition coefficient (Wildman–Crippen LogP) is 4.72. The van der Waals surface area contributed by atoms with Crippen molar-refractivity contribution >= 4 is 17.6 Å². The van der Waals surface area contributed by atoms with Crippen LogP contribution in [0.1, 0.15) is 32.3 Å². The fourth-order valence-electron chi connectivity index (χ4n) is 3.50. The smallest absolute Gasteiger partial charge is 0.336 e. The van der Waals surface area contributed by atoms with Gasteiger partial charge in [0, 0.05) is 18.1 Å². The van der Waals surface area contributed by atoms with E-state index in [0.717, 1.165) is 0 Å². The van der Waals surface area contributed by atoms with Crippen LogP contribution in [0.5, 0.6) is 5.75 Å². The summed E-state index contributed by atoms with van der Waals surface area (Å²) in [7, 11) is 0. The number of anilines is 1. The van der Waals surface area contributed by atoms with Gasteiger partial charge in [0.25, 0.3) is 0 Å². The van der Waals surface area contributed by atoms with Crippen molar-refractivity contribution in [2.45, 2.75) is 26.7 Å². The lowest BCUT2D eigenvalue weighted by molar-refractivity contribution is -0.139. The molecule has 2 aromatic rings. The summed E-state index contributed by atoms with van der Waals surface area (Å²) in [6.07, 6.45) is 3.21. The highest BCUT2D eigenvalue weighted by molar-refractivity contribution is 6.00. The molecule has 0 fully saturated rings. The third-order valence-electron chi connectivity index (χ3n) is 4.83. The molecule has 0 saturated carbocycles. The normalized spacial score (nSPS) is 13.8. The number of carbonyl (C=O) groups is 2. The van der Waals surface area contributed by atoms with Gasteiger partial charge in [-0.15, -0.1) is 0 Å². The summed E-state index contributed by atoms with van der Waals surface area (Å²) in [4.78, 5) is 27.5.